The van der Waals surface area contributed by atoms with Gasteiger partial charge in [0.15, 0.2) is 18.9 Å². The number of hydrogen-bond donors (Lipinski definition) is 10. The van der Waals surface area contributed by atoms with E-state index in [1.165, 1.54) is 0 Å². The van der Waals surface area contributed by atoms with E-state index < -0.39 is 116 Å². The Hall–Kier alpha value is -0.940. The lowest BCUT2D eigenvalue weighted by Gasteiger charge is -2.73. The lowest BCUT2D eigenvalue weighted by Crippen LogP contribution is -2.72. The Morgan fingerprint density at radius 3 is 2.06 bits per heavy atom. The van der Waals surface area contributed by atoms with Crippen molar-refractivity contribution in [3.05, 3.63) is 12.2 Å². The molecular formula is C47H76O17. The maximum Gasteiger partial charge on any atom is 0.187 e. The molecular weight excluding hydrogens is 837 g/mol. The van der Waals surface area contributed by atoms with Crippen molar-refractivity contribution in [2.45, 2.75) is 204 Å². The summed E-state index contributed by atoms with van der Waals surface area (Å²) in [5.41, 5.74) is -2.27. The number of fused-ring (bicyclic) bond motifs is 4. The van der Waals surface area contributed by atoms with Gasteiger partial charge in [0.2, 0.25) is 0 Å². The molecule has 9 aliphatic rings. The average molecular weight is 913 g/mol. The first kappa shape index (κ1) is 48.1. The van der Waals surface area contributed by atoms with Gasteiger partial charge in [-0.2, -0.15) is 0 Å². The molecule has 0 aromatic heterocycles. The van der Waals surface area contributed by atoms with Gasteiger partial charge in [-0.3, -0.25) is 0 Å². The van der Waals surface area contributed by atoms with E-state index in [9.17, 15) is 51.1 Å². The molecule has 366 valence electrons. The smallest absolute Gasteiger partial charge is 0.187 e. The lowest BCUT2D eigenvalue weighted by atomic mass is 9.32. The third-order valence-electron chi connectivity index (χ3n) is 19.6. The Bertz CT molecular complexity index is 1750. The van der Waals surface area contributed by atoms with E-state index in [2.05, 4.69) is 46.8 Å². The molecule has 4 heterocycles. The van der Waals surface area contributed by atoms with Gasteiger partial charge in [-0.1, -0.05) is 53.7 Å². The molecule has 0 aromatic carbocycles. The topological polar surface area (TPSA) is 267 Å². The second-order valence-electron chi connectivity index (χ2n) is 23.3. The van der Waals surface area contributed by atoms with Gasteiger partial charge in [-0.05, 0) is 86.4 Å². The SMILES string of the molecule is C[C@H]1O[C@@H](O[C@H]2CC[C@@]3(C)[C@@H](CC[C@]4(C)[C@@H]3C=C[C@]35OC[C@@]6(CCC(C)(C)C[C@H]63)[C@@H](O)C[C@]54C)[C@]2(C)CO)[C@H](O)[C@@H](O[C@@H]2O[C@H](CO)[C@@H](O)[C@H](O)[C@H]2O)[C@H]1O[C@@H]1OC[C@@H](O)[C@H](O)[C@H]1O. The van der Waals surface area contributed by atoms with Crippen molar-refractivity contribution in [1.82, 2.24) is 0 Å². The average Bonchev–Trinajstić information content (AvgIpc) is 3.52. The Morgan fingerprint density at radius 1 is 0.672 bits per heavy atom. The molecule has 0 radical (unpaired) electrons. The maximum absolute atomic E-state index is 12.2. The number of hydrogen-bond acceptors (Lipinski definition) is 17. The molecule has 25 atom stereocenters. The van der Waals surface area contributed by atoms with Crippen LogP contribution in [-0.4, -0.2) is 181 Å². The molecule has 17 nitrogen and oxygen atoms in total. The standard InChI is InChI=1S/C47H76O17/c1-22-36(63-38-33(55)30(52)23(50)19-58-38)37(64-39-34(56)32(54)31(53)24(18-48)61-39)35(57)40(60-22)62-29-10-11-42(4)25(43(29,5)20-49)8-12-44(6)26(42)9-13-47-27-16-41(2,3)14-15-46(27,21-59-47)28(51)17-45(44,47)7/h9,13,22-40,48-57H,8,10-12,14-21H2,1-7H3/t22-,23-,24-,25-,26-,27-,28+,29+,30+,31-,32+,33-,34-,35-,36+,37-,38+,39+,40+,42+,43+,44-,45+,46-,47+/m1/s1. The first-order valence-electron chi connectivity index (χ1n) is 23.9. The lowest BCUT2D eigenvalue weighted by molar-refractivity contribution is -0.387. The summed E-state index contributed by atoms with van der Waals surface area (Å²) in [5, 5.41) is 109. The highest BCUT2D eigenvalue weighted by Gasteiger charge is 2.79. The summed E-state index contributed by atoms with van der Waals surface area (Å²) >= 11 is 0. The van der Waals surface area contributed by atoms with E-state index in [1.54, 1.807) is 6.92 Å². The molecule has 4 saturated carbocycles. The summed E-state index contributed by atoms with van der Waals surface area (Å²) in [7, 11) is 0. The molecule has 8 fully saturated rings. The number of allylic oxidation sites excluding steroid dienone is 1. The van der Waals surface area contributed by atoms with Gasteiger partial charge in [-0.15, -0.1) is 0 Å². The summed E-state index contributed by atoms with van der Waals surface area (Å²) in [6, 6.07) is 0. The van der Waals surface area contributed by atoms with Crippen LogP contribution in [0.3, 0.4) is 0 Å². The van der Waals surface area contributed by atoms with Crippen LogP contribution >= 0.6 is 0 Å². The third kappa shape index (κ3) is 6.72. The van der Waals surface area contributed by atoms with Crippen LogP contribution < -0.4 is 0 Å². The van der Waals surface area contributed by atoms with E-state index in [0.29, 0.717) is 19.4 Å². The zero-order chi connectivity index (χ0) is 46.3. The first-order valence-corrected chi connectivity index (χ1v) is 23.9. The van der Waals surface area contributed by atoms with Crippen LogP contribution in [0.15, 0.2) is 12.2 Å². The van der Waals surface area contributed by atoms with E-state index in [-0.39, 0.29) is 58.0 Å². The molecule has 10 N–H and O–H groups in total. The second kappa shape index (κ2) is 16.3. The third-order valence-corrected chi connectivity index (χ3v) is 19.6. The summed E-state index contributed by atoms with van der Waals surface area (Å²) < 4.78 is 43.8. The number of ether oxygens (including phenoxy) is 7. The Balaban J connectivity index is 0.986. The summed E-state index contributed by atoms with van der Waals surface area (Å²) in [6.07, 6.45) is -11.0. The zero-order valence-corrected chi connectivity index (χ0v) is 38.4. The van der Waals surface area contributed by atoms with Gasteiger partial charge >= 0.3 is 0 Å². The number of rotatable bonds is 8. The molecule has 4 aliphatic heterocycles. The van der Waals surface area contributed by atoms with Crippen LogP contribution in [-0.2, 0) is 33.2 Å². The number of aliphatic hydroxyl groups is 10. The van der Waals surface area contributed by atoms with Crippen molar-refractivity contribution in [1.29, 1.82) is 0 Å². The molecule has 0 unspecified atom stereocenters. The second-order valence-corrected chi connectivity index (χ2v) is 23.3. The summed E-state index contributed by atoms with van der Waals surface area (Å²) in [4.78, 5) is 0. The molecule has 5 aliphatic carbocycles. The highest BCUT2D eigenvalue weighted by atomic mass is 16.8. The van der Waals surface area contributed by atoms with Crippen molar-refractivity contribution in [3.8, 4) is 0 Å². The van der Waals surface area contributed by atoms with Crippen molar-refractivity contribution in [2.24, 2.45) is 50.2 Å². The highest BCUT2D eigenvalue weighted by molar-refractivity contribution is 5.36. The van der Waals surface area contributed by atoms with E-state index in [0.717, 1.165) is 38.5 Å². The highest BCUT2D eigenvalue weighted by Crippen LogP contribution is 2.79. The monoisotopic (exact) mass is 913 g/mol. The molecule has 17 heteroatoms. The van der Waals surface area contributed by atoms with Crippen molar-refractivity contribution >= 4 is 0 Å². The molecule has 9 rings (SSSR count). The number of aliphatic hydroxyl groups excluding tert-OH is 10. The maximum atomic E-state index is 12.2. The van der Waals surface area contributed by atoms with E-state index in [4.69, 9.17) is 33.2 Å². The van der Waals surface area contributed by atoms with Gasteiger partial charge < -0.3 is 84.2 Å². The molecule has 64 heavy (non-hydrogen) atoms. The predicted octanol–water partition coefficient (Wildman–Crippen LogP) is 0.240. The zero-order valence-electron chi connectivity index (χ0n) is 38.4. The minimum absolute atomic E-state index is 0.0306. The summed E-state index contributed by atoms with van der Waals surface area (Å²) in [6.45, 7) is 14.8. The fraction of sp³-hybridized carbons (Fsp3) is 0.957. The Kier molecular flexibility index (Phi) is 12.3. The van der Waals surface area contributed by atoms with E-state index >= 15 is 0 Å². The fourth-order valence-electron chi connectivity index (χ4n) is 15.5. The van der Waals surface area contributed by atoms with Gasteiger partial charge in [-0.25, -0.2) is 0 Å². The molecule has 0 amide bonds. The minimum atomic E-state index is -1.83. The van der Waals surface area contributed by atoms with Crippen molar-refractivity contribution < 1.29 is 84.2 Å². The van der Waals surface area contributed by atoms with Crippen molar-refractivity contribution in [2.75, 3.05) is 26.4 Å². The minimum Gasteiger partial charge on any atom is -0.396 e. The van der Waals surface area contributed by atoms with Crippen LogP contribution in [0, 0.1) is 50.2 Å². The Morgan fingerprint density at radius 2 is 1.36 bits per heavy atom. The first-order chi connectivity index (χ1) is 30.0. The predicted molar refractivity (Wildman–Crippen MR) is 223 cm³/mol. The normalized spacial score (nSPS) is 59.0. The van der Waals surface area contributed by atoms with Crippen LogP contribution in [0.4, 0.5) is 0 Å². The van der Waals surface area contributed by atoms with Crippen LogP contribution in [0.1, 0.15) is 99.8 Å². The fourth-order valence-corrected chi connectivity index (χ4v) is 15.5. The van der Waals surface area contributed by atoms with Gasteiger partial charge in [0, 0.05) is 22.2 Å². The van der Waals surface area contributed by atoms with Gasteiger partial charge in [0.05, 0.1) is 50.3 Å². The van der Waals surface area contributed by atoms with Crippen LogP contribution in [0.5, 0.6) is 0 Å². The molecule has 1 spiro atoms. The van der Waals surface area contributed by atoms with Crippen LogP contribution in [0.25, 0.3) is 0 Å². The van der Waals surface area contributed by atoms with Crippen LogP contribution in [0.2, 0.25) is 0 Å². The van der Waals surface area contributed by atoms with Gasteiger partial charge in [0.25, 0.3) is 0 Å². The molecule has 0 aromatic rings. The summed E-state index contributed by atoms with van der Waals surface area (Å²) in [5.74, 6) is 0.285. The molecule has 2 bridgehead atoms. The van der Waals surface area contributed by atoms with E-state index in [1.807, 2.05) is 6.92 Å². The van der Waals surface area contributed by atoms with Gasteiger partial charge in [0.1, 0.15) is 61.0 Å². The Labute approximate surface area is 376 Å². The van der Waals surface area contributed by atoms with Crippen molar-refractivity contribution in [3.63, 3.8) is 0 Å². The largest absolute Gasteiger partial charge is 0.396 e. The quantitative estimate of drug-likeness (QED) is 0.116. The molecule has 4 saturated heterocycles.